The third-order valence-corrected chi connectivity index (χ3v) is 6.14. The second-order valence-corrected chi connectivity index (χ2v) is 9.12. The molecule has 10 heteroatoms. The van der Waals surface area contributed by atoms with E-state index < -0.39 is 17.8 Å². The lowest BCUT2D eigenvalue weighted by Crippen LogP contribution is -2.61. The summed E-state index contributed by atoms with van der Waals surface area (Å²) in [7, 11) is 0. The van der Waals surface area contributed by atoms with E-state index >= 15 is 0 Å². The van der Waals surface area contributed by atoms with Gasteiger partial charge in [-0.1, -0.05) is 39.4 Å². The van der Waals surface area contributed by atoms with Crippen LogP contribution in [0.2, 0.25) is 0 Å². The number of thiocarbonyl (C=S) groups is 1. The fourth-order valence-corrected chi connectivity index (χ4v) is 4.82. The highest BCUT2D eigenvalue weighted by Crippen LogP contribution is 2.53. The van der Waals surface area contributed by atoms with Gasteiger partial charge in [0.2, 0.25) is 5.13 Å². The first-order chi connectivity index (χ1) is 11.9. The molecule has 2 heterocycles. The molecule has 0 bridgehead atoms. The Labute approximate surface area is 159 Å². The Hall–Kier alpha value is -1.26. The van der Waals surface area contributed by atoms with Gasteiger partial charge in [-0.15, -0.1) is 11.3 Å². The van der Waals surface area contributed by atoms with Crippen molar-refractivity contribution in [2.45, 2.75) is 51.9 Å². The first kappa shape index (κ1) is 19.5. The first-order valence-corrected chi connectivity index (χ1v) is 9.59. The molecule has 0 amide bonds. The van der Waals surface area contributed by atoms with Crippen molar-refractivity contribution < 1.29 is 18.3 Å². The van der Waals surface area contributed by atoms with Gasteiger partial charge in [-0.25, -0.2) is 4.98 Å². The highest BCUT2D eigenvalue weighted by molar-refractivity contribution is 7.80. The standard InChI is InChI=1S/C16H21F3N4OS2/c1-14(2,3)8-5-4-6-9-11(8)22-23(15(9,24)16(17,18)19)13-21-10(7-26-13)12(20)25/h7-9,24H,4-6H2,1-3H3,(H2,20,25)/t8-,9+,15+/m1/s1. The Morgan fingerprint density at radius 1 is 1.38 bits per heavy atom. The lowest BCUT2D eigenvalue weighted by Gasteiger charge is -2.41. The molecule has 0 spiro atoms. The van der Waals surface area contributed by atoms with Crippen LogP contribution >= 0.6 is 23.6 Å². The van der Waals surface area contributed by atoms with Crippen LogP contribution in [0.4, 0.5) is 18.3 Å². The minimum absolute atomic E-state index is 0.0140. The maximum absolute atomic E-state index is 14.0. The van der Waals surface area contributed by atoms with Gasteiger partial charge in [0.05, 0.1) is 11.6 Å². The van der Waals surface area contributed by atoms with E-state index in [-0.39, 0.29) is 33.6 Å². The number of anilines is 1. The van der Waals surface area contributed by atoms with Crippen LogP contribution in [0.5, 0.6) is 0 Å². The minimum atomic E-state index is -4.89. The molecule has 0 aromatic carbocycles. The molecular weight excluding hydrogens is 385 g/mol. The summed E-state index contributed by atoms with van der Waals surface area (Å²) < 4.78 is 42.0. The van der Waals surface area contributed by atoms with Crippen LogP contribution in [0, 0.1) is 17.3 Å². The molecule has 1 saturated carbocycles. The van der Waals surface area contributed by atoms with Gasteiger partial charge >= 0.3 is 6.18 Å². The Morgan fingerprint density at radius 2 is 2.04 bits per heavy atom. The molecule has 1 aromatic heterocycles. The number of halogens is 3. The average molecular weight is 406 g/mol. The van der Waals surface area contributed by atoms with Crippen LogP contribution in [-0.2, 0) is 0 Å². The molecule has 3 rings (SSSR count). The van der Waals surface area contributed by atoms with Crippen molar-refractivity contribution >= 4 is 39.4 Å². The van der Waals surface area contributed by atoms with Gasteiger partial charge in [-0.05, 0) is 18.3 Å². The van der Waals surface area contributed by atoms with E-state index in [1.165, 1.54) is 5.38 Å². The summed E-state index contributed by atoms with van der Waals surface area (Å²) in [5.74, 6) is -1.26. The monoisotopic (exact) mass is 406 g/mol. The molecule has 3 N–H and O–H groups in total. The van der Waals surface area contributed by atoms with E-state index in [1.54, 1.807) is 0 Å². The highest BCUT2D eigenvalue weighted by Gasteiger charge is 2.69. The predicted octanol–water partition coefficient (Wildman–Crippen LogP) is 3.67. The average Bonchev–Trinajstić information content (AvgIpc) is 3.09. The number of rotatable bonds is 2. The molecule has 0 radical (unpaired) electrons. The lowest BCUT2D eigenvalue weighted by molar-refractivity contribution is -0.269. The number of aliphatic hydroxyl groups is 1. The topological polar surface area (TPSA) is 74.7 Å². The molecule has 1 aromatic rings. The molecular formula is C16H21F3N4OS2. The van der Waals surface area contributed by atoms with Crippen LogP contribution in [-0.4, -0.2) is 32.7 Å². The summed E-state index contributed by atoms with van der Waals surface area (Å²) in [6.07, 6.45) is -3.31. The van der Waals surface area contributed by atoms with E-state index in [4.69, 9.17) is 18.0 Å². The zero-order valence-electron chi connectivity index (χ0n) is 14.7. The zero-order valence-corrected chi connectivity index (χ0v) is 16.3. The van der Waals surface area contributed by atoms with Crippen molar-refractivity contribution in [2.75, 3.05) is 5.01 Å². The fraction of sp³-hybridized carbons (Fsp3) is 0.688. The summed E-state index contributed by atoms with van der Waals surface area (Å²) in [5, 5.41) is 17.2. The maximum Gasteiger partial charge on any atom is 0.439 e. The lowest BCUT2D eigenvalue weighted by atomic mass is 9.66. The minimum Gasteiger partial charge on any atom is -0.388 e. The van der Waals surface area contributed by atoms with Gasteiger partial charge in [-0.3, -0.25) is 0 Å². The van der Waals surface area contributed by atoms with E-state index in [1.807, 2.05) is 20.8 Å². The molecule has 1 aliphatic heterocycles. The summed E-state index contributed by atoms with van der Waals surface area (Å²) in [6, 6.07) is 0. The van der Waals surface area contributed by atoms with Crippen LogP contribution in [0.1, 0.15) is 45.7 Å². The van der Waals surface area contributed by atoms with Crippen molar-refractivity contribution in [1.29, 1.82) is 0 Å². The highest BCUT2D eigenvalue weighted by atomic mass is 32.1. The first-order valence-electron chi connectivity index (χ1n) is 8.30. The number of thiazole rings is 1. The Balaban J connectivity index is 2.13. The van der Waals surface area contributed by atoms with Gasteiger partial charge in [0, 0.05) is 11.3 Å². The third kappa shape index (κ3) is 2.91. The van der Waals surface area contributed by atoms with Crippen molar-refractivity contribution in [3.63, 3.8) is 0 Å². The normalized spacial score (nSPS) is 29.5. The number of alkyl halides is 3. The number of aromatic nitrogens is 1. The maximum atomic E-state index is 14.0. The van der Waals surface area contributed by atoms with Crippen molar-refractivity contribution in [3.05, 3.63) is 11.1 Å². The van der Waals surface area contributed by atoms with Crippen LogP contribution in [0.15, 0.2) is 10.5 Å². The Bertz CT molecular complexity index is 755. The predicted molar refractivity (Wildman–Crippen MR) is 99.2 cm³/mol. The number of hydrazone groups is 1. The largest absolute Gasteiger partial charge is 0.439 e. The van der Waals surface area contributed by atoms with E-state index in [0.717, 1.165) is 17.8 Å². The van der Waals surface area contributed by atoms with Crippen molar-refractivity contribution in [1.82, 2.24) is 4.98 Å². The molecule has 26 heavy (non-hydrogen) atoms. The molecule has 5 nitrogen and oxygen atoms in total. The Kier molecular flexibility index (Phi) is 4.60. The second-order valence-electron chi connectivity index (χ2n) is 7.84. The zero-order chi connectivity index (χ0) is 19.5. The van der Waals surface area contributed by atoms with E-state index in [0.29, 0.717) is 17.1 Å². The van der Waals surface area contributed by atoms with Gasteiger partial charge < -0.3 is 10.8 Å². The summed E-state index contributed by atoms with van der Waals surface area (Å²) in [4.78, 5) is 4.04. The number of nitrogens with zero attached hydrogens (tertiary/aromatic N) is 3. The molecule has 1 fully saturated rings. The molecule has 0 saturated heterocycles. The SMILES string of the molecule is CC(C)(C)[C@@H]1CCC[C@H]2C1=NN(c1nc(C(N)=S)cs1)[C@@]2(O)C(F)(F)F. The molecule has 1 aliphatic carbocycles. The number of fused-ring (bicyclic) bond motifs is 1. The van der Waals surface area contributed by atoms with Gasteiger partial charge in [0.15, 0.2) is 0 Å². The van der Waals surface area contributed by atoms with Gasteiger partial charge in [0.1, 0.15) is 10.7 Å². The smallest absolute Gasteiger partial charge is 0.388 e. The molecule has 3 atom stereocenters. The van der Waals surface area contributed by atoms with Crippen LogP contribution in [0.25, 0.3) is 0 Å². The number of hydrogen-bond acceptors (Lipinski definition) is 6. The Morgan fingerprint density at radius 3 is 2.54 bits per heavy atom. The van der Waals surface area contributed by atoms with E-state index in [9.17, 15) is 18.3 Å². The van der Waals surface area contributed by atoms with Crippen molar-refractivity contribution in [3.8, 4) is 0 Å². The molecule has 2 aliphatic rings. The fourth-order valence-electron chi connectivity index (χ4n) is 3.81. The molecule has 0 unspecified atom stereocenters. The van der Waals surface area contributed by atoms with Gasteiger partial charge in [0.25, 0.3) is 5.72 Å². The third-order valence-electron chi connectivity index (χ3n) is 5.11. The quantitative estimate of drug-likeness (QED) is 0.733. The summed E-state index contributed by atoms with van der Waals surface area (Å²) >= 11 is 5.76. The van der Waals surface area contributed by atoms with Gasteiger partial charge in [-0.2, -0.15) is 23.3 Å². The van der Waals surface area contributed by atoms with Crippen LogP contribution < -0.4 is 10.7 Å². The summed E-state index contributed by atoms with van der Waals surface area (Å²) in [6.45, 7) is 5.94. The van der Waals surface area contributed by atoms with Crippen LogP contribution in [0.3, 0.4) is 0 Å². The summed E-state index contributed by atoms with van der Waals surface area (Å²) in [5.41, 5.74) is 2.75. The van der Waals surface area contributed by atoms with Crippen molar-refractivity contribution in [2.24, 2.45) is 28.1 Å². The van der Waals surface area contributed by atoms with E-state index in [2.05, 4.69) is 10.1 Å². The molecule has 144 valence electrons. The second kappa shape index (κ2) is 6.13. The number of nitrogens with two attached hydrogens (primary N) is 1. The number of hydrogen-bond donors (Lipinski definition) is 2.